The molecule has 0 aliphatic carbocycles. The summed E-state index contributed by atoms with van der Waals surface area (Å²) in [7, 11) is 0. The van der Waals surface area contributed by atoms with Crippen molar-refractivity contribution in [3.05, 3.63) is 53.9 Å². The van der Waals surface area contributed by atoms with Gasteiger partial charge in [0.05, 0.1) is 5.60 Å². The van der Waals surface area contributed by atoms with Crippen molar-refractivity contribution >= 4 is 5.95 Å². The van der Waals surface area contributed by atoms with Crippen molar-refractivity contribution in [2.45, 2.75) is 32.9 Å². The van der Waals surface area contributed by atoms with E-state index >= 15 is 0 Å². The minimum absolute atomic E-state index is 0.478. The molecule has 0 spiro atoms. The predicted molar refractivity (Wildman–Crippen MR) is 80.6 cm³/mol. The third-order valence-electron chi connectivity index (χ3n) is 2.86. The smallest absolute Gasteiger partial charge is 0.225 e. The van der Waals surface area contributed by atoms with Gasteiger partial charge >= 0.3 is 0 Å². The number of aryl methyl sites for hydroxylation is 1. The molecule has 0 aliphatic rings. The van der Waals surface area contributed by atoms with E-state index in [1.165, 1.54) is 5.56 Å². The molecule has 4 heteroatoms. The van der Waals surface area contributed by atoms with Crippen LogP contribution >= 0.6 is 0 Å². The second-order valence-corrected chi connectivity index (χ2v) is 5.65. The maximum absolute atomic E-state index is 10.1. The Kier molecular flexibility index (Phi) is 4.35. The van der Waals surface area contributed by atoms with Gasteiger partial charge in [0.1, 0.15) is 0 Å². The van der Waals surface area contributed by atoms with Crippen LogP contribution in [0.5, 0.6) is 0 Å². The summed E-state index contributed by atoms with van der Waals surface area (Å²) in [4.78, 5) is 10.8. The fraction of sp³-hybridized carbons (Fsp3) is 0.375. The van der Waals surface area contributed by atoms with Crippen molar-refractivity contribution in [2.24, 2.45) is 0 Å². The van der Waals surface area contributed by atoms with Crippen molar-refractivity contribution in [3.8, 4) is 0 Å². The number of hydrogen-bond donors (Lipinski definition) is 1. The fourth-order valence-corrected chi connectivity index (χ4v) is 2.06. The Hall–Kier alpha value is -1.94. The van der Waals surface area contributed by atoms with Crippen LogP contribution in [0.2, 0.25) is 0 Å². The predicted octanol–water partition coefficient (Wildman–Crippen LogP) is 2.56. The Labute approximate surface area is 120 Å². The van der Waals surface area contributed by atoms with Gasteiger partial charge < -0.3 is 10.0 Å². The summed E-state index contributed by atoms with van der Waals surface area (Å²) < 4.78 is 0. The first kappa shape index (κ1) is 14.5. The van der Waals surface area contributed by atoms with E-state index in [0.717, 1.165) is 5.69 Å². The highest BCUT2D eigenvalue weighted by Gasteiger charge is 2.20. The van der Waals surface area contributed by atoms with Gasteiger partial charge in [0.25, 0.3) is 0 Å². The molecule has 2 aromatic rings. The van der Waals surface area contributed by atoms with Gasteiger partial charge in [0, 0.05) is 25.0 Å². The Morgan fingerprint density at radius 3 is 2.45 bits per heavy atom. The fourth-order valence-electron chi connectivity index (χ4n) is 2.06. The van der Waals surface area contributed by atoms with E-state index in [9.17, 15) is 5.11 Å². The molecule has 0 atom stereocenters. The second kappa shape index (κ2) is 6.01. The van der Waals surface area contributed by atoms with Crippen molar-refractivity contribution < 1.29 is 5.11 Å². The third kappa shape index (κ3) is 4.31. The average Bonchev–Trinajstić information content (AvgIpc) is 2.38. The number of aromatic nitrogens is 2. The molecule has 0 fully saturated rings. The number of anilines is 1. The Bertz CT molecular complexity index is 549. The first-order valence-corrected chi connectivity index (χ1v) is 6.75. The van der Waals surface area contributed by atoms with E-state index in [0.29, 0.717) is 19.0 Å². The SMILES string of the molecule is Cc1ccnc(N(Cc2ccccc2)CC(C)(C)O)n1. The molecule has 2 rings (SSSR count). The van der Waals surface area contributed by atoms with Crippen LogP contribution in [-0.2, 0) is 6.54 Å². The first-order valence-electron chi connectivity index (χ1n) is 6.75. The maximum Gasteiger partial charge on any atom is 0.225 e. The molecular formula is C16H21N3O. The normalized spacial score (nSPS) is 11.4. The minimum Gasteiger partial charge on any atom is -0.389 e. The molecule has 20 heavy (non-hydrogen) atoms. The van der Waals surface area contributed by atoms with Crippen LogP contribution in [0.1, 0.15) is 25.1 Å². The topological polar surface area (TPSA) is 49.2 Å². The summed E-state index contributed by atoms with van der Waals surface area (Å²) in [5, 5.41) is 10.1. The van der Waals surface area contributed by atoms with E-state index in [1.54, 1.807) is 20.0 Å². The lowest BCUT2D eigenvalue weighted by molar-refractivity contribution is 0.0866. The molecule has 1 N–H and O–H groups in total. The van der Waals surface area contributed by atoms with E-state index in [4.69, 9.17) is 0 Å². The van der Waals surface area contributed by atoms with E-state index < -0.39 is 5.60 Å². The molecule has 0 saturated heterocycles. The van der Waals surface area contributed by atoms with Crippen molar-refractivity contribution in [1.82, 2.24) is 9.97 Å². The Morgan fingerprint density at radius 2 is 1.85 bits per heavy atom. The van der Waals surface area contributed by atoms with Crippen LogP contribution in [0.3, 0.4) is 0 Å². The highest BCUT2D eigenvalue weighted by atomic mass is 16.3. The van der Waals surface area contributed by atoms with Crippen LogP contribution < -0.4 is 4.90 Å². The Balaban J connectivity index is 2.25. The molecule has 0 amide bonds. The third-order valence-corrected chi connectivity index (χ3v) is 2.86. The van der Waals surface area contributed by atoms with Crippen molar-refractivity contribution in [3.63, 3.8) is 0 Å². The molecule has 1 aromatic heterocycles. The second-order valence-electron chi connectivity index (χ2n) is 5.65. The average molecular weight is 271 g/mol. The van der Waals surface area contributed by atoms with Gasteiger partial charge in [0.2, 0.25) is 5.95 Å². The zero-order valence-electron chi connectivity index (χ0n) is 12.2. The van der Waals surface area contributed by atoms with Gasteiger partial charge in [-0.2, -0.15) is 0 Å². The van der Waals surface area contributed by atoms with Crippen molar-refractivity contribution in [2.75, 3.05) is 11.4 Å². The maximum atomic E-state index is 10.1. The largest absolute Gasteiger partial charge is 0.389 e. The quantitative estimate of drug-likeness (QED) is 0.908. The standard InChI is InChI=1S/C16H21N3O/c1-13-9-10-17-15(18-13)19(12-16(2,3)20)11-14-7-5-4-6-8-14/h4-10,20H,11-12H2,1-3H3. The summed E-state index contributed by atoms with van der Waals surface area (Å²) in [6.07, 6.45) is 1.75. The van der Waals surface area contributed by atoms with Gasteiger partial charge in [-0.25, -0.2) is 9.97 Å². The molecule has 0 saturated carbocycles. The van der Waals surface area contributed by atoms with Crippen LogP contribution in [0.15, 0.2) is 42.6 Å². The number of rotatable bonds is 5. The monoisotopic (exact) mass is 271 g/mol. The lowest BCUT2D eigenvalue weighted by atomic mass is 10.1. The van der Waals surface area contributed by atoms with Gasteiger partial charge in [-0.3, -0.25) is 0 Å². The minimum atomic E-state index is -0.804. The first-order chi connectivity index (χ1) is 9.44. The molecule has 1 heterocycles. The summed E-state index contributed by atoms with van der Waals surface area (Å²) in [5.41, 5.74) is 1.28. The molecule has 1 aromatic carbocycles. The molecule has 0 aliphatic heterocycles. The molecule has 4 nitrogen and oxygen atoms in total. The van der Waals surface area contributed by atoms with Crippen LogP contribution in [0.4, 0.5) is 5.95 Å². The van der Waals surface area contributed by atoms with E-state index in [-0.39, 0.29) is 0 Å². The molecular weight excluding hydrogens is 250 g/mol. The highest BCUT2D eigenvalue weighted by Crippen LogP contribution is 2.16. The number of aliphatic hydroxyl groups is 1. The lowest BCUT2D eigenvalue weighted by Gasteiger charge is -2.29. The highest BCUT2D eigenvalue weighted by molar-refractivity contribution is 5.33. The zero-order valence-corrected chi connectivity index (χ0v) is 12.2. The Morgan fingerprint density at radius 1 is 1.15 bits per heavy atom. The van der Waals surface area contributed by atoms with Gasteiger partial charge in [-0.1, -0.05) is 30.3 Å². The number of benzene rings is 1. The lowest BCUT2D eigenvalue weighted by Crippen LogP contribution is -2.39. The summed E-state index contributed by atoms with van der Waals surface area (Å²) >= 11 is 0. The van der Waals surface area contributed by atoms with Crippen LogP contribution in [-0.4, -0.2) is 27.2 Å². The van der Waals surface area contributed by atoms with Crippen molar-refractivity contribution in [1.29, 1.82) is 0 Å². The number of hydrogen-bond acceptors (Lipinski definition) is 4. The summed E-state index contributed by atoms with van der Waals surface area (Å²) in [6.45, 7) is 6.68. The number of nitrogens with zero attached hydrogens (tertiary/aromatic N) is 3. The summed E-state index contributed by atoms with van der Waals surface area (Å²) in [6, 6.07) is 12.0. The molecule has 106 valence electrons. The van der Waals surface area contributed by atoms with Crippen LogP contribution in [0.25, 0.3) is 0 Å². The van der Waals surface area contributed by atoms with Gasteiger partial charge in [0.15, 0.2) is 0 Å². The molecule has 0 unspecified atom stereocenters. The van der Waals surface area contributed by atoms with E-state index in [1.807, 2.05) is 36.1 Å². The van der Waals surface area contributed by atoms with E-state index in [2.05, 4.69) is 22.1 Å². The zero-order chi connectivity index (χ0) is 14.6. The molecule has 0 radical (unpaired) electrons. The van der Waals surface area contributed by atoms with Crippen LogP contribution in [0, 0.1) is 6.92 Å². The molecule has 0 bridgehead atoms. The van der Waals surface area contributed by atoms with Gasteiger partial charge in [-0.05, 0) is 32.4 Å². The summed E-state index contributed by atoms with van der Waals surface area (Å²) in [5.74, 6) is 0.649. The van der Waals surface area contributed by atoms with Gasteiger partial charge in [-0.15, -0.1) is 0 Å².